The molecule has 25 heavy (non-hydrogen) atoms. The zero-order valence-corrected chi connectivity index (χ0v) is 15.9. The number of aryl methyl sites for hydroxylation is 1. The lowest BCUT2D eigenvalue weighted by Gasteiger charge is -2.16. The van der Waals surface area contributed by atoms with Crippen LogP contribution in [0.15, 0.2) is 46.5 Å². The number of benzene rings is 1. The molecular weight excluding hydrogens is 312 g/mol. The third kappa shape index (κ3) is 10.3. The maximum absolute atomic E-state index is 4.22. The van der Waals surface area contributed by atoms with Crippen LogP contribution in [0.3, 0.4) is 0 Å². The molecule has 0 aliphatic heterocycles. The molecule has 6 heteroatoms. The zero-order chi connectivity index (χ0) is 18.3. The van der Waals surface area contributed by atoms with Crippen molar-refractivity contribution in [1.82, 2.24) is 15.5 Å². The molecule has 0 aliphatic carbocycles. The van der Waals surface area contributed by atoms with Crippen LogP contribution in [0.2, 0.25) is 0 Å². The van der Waals surface area contributed by atoms with Gasteiger partial charge in [0.25, 0.3) is 0 Å². The first-order valence-electron chi connectivity index (χ1n) is 8.71. The minimum atomic E-state index is 0.839. The third-order valence-corrected chi connectivity index (χ3v) is 3.65. The van der Waals surface area contributed by atoms with Crippen molar-refractivity contribution >= 4 is 17.9 Å². The van der Waals surface area contributed by atoms with Crippen molar-refractivity contribution in [2.24, 2.45) is 9.98 Å². The maximum atomic E-state index is 4.22. The summed E-state index contributed by atoms with van der Waals surface area (Å²) in [6.45, 7) is 6.10. The minimum Gasteiger partial charge on any atom is -0.370 e. The van der Waals surface area contributed by atoms with Crippen molar-refractivity contribution in [3.05, 3.63) is 42.1 Å². The number of nitrogens with zero attached hydrogens (tertiary/aromatic N) is 3. The van der Waals surface area contributed by atoms with Gasteiger partial charge in [-0.05, 0) is 57.8 Å². The number of anilines is 1. The van der Waals surface area contributed by atoms with Gasteiger partial charge in [-0.3, -0.25) is 4.99 Å². The second-order valence-corrected chi connectivity index (χ2v) is 5.90. The van der Waals surface area contributed by atoms with E-state index in [4.69, 9.17) is 0 Å². The first-order chi connectivity index (χ1) is 12.2. The van der Waals surface area contributed by atoms with Gasteiger partial charge >= 0.3 is 0 Å². The summed E-state index contributed by atoms with van der Waals surface area (Å²) in [5.74, 6) is 0.839. The van der Waals surface area contributed by atoms with Gasteiger partial charge in [0.1, 0.15) is 5.84 Å². The summed E-state index contributed by atoms with van der Waals surface area (Å²) in [5, 5.41) is 9.63. The number of hydrogen-bond donors (Lipinski definition) is 3. The van der Waals surface area contributed by atoms with E-state index in [2.05, 4.69) is 56.9 Å². The summed E-state index contributed by atoms with van der Waals surface area (Å²) in [5.41, 5.74) is 2.25. The van der Waals surface area contributed by atoms with Crippen LogP contribution in [0.1, 0.15) is 12.0 Å². The van der Waals surface area contributed by atoms with Gasteiger partial charge in [-0.25, -0.2) is 4.99 Å². The second-order valence-electron chi connectivity index (χ2n) is 5.90. The molecule has 6 nitrogen and oxygen atoms in total. The van der Waals surface area contributed by atoms with Crippen molar-refractivity contribution in [2.75, 3.05) is 52.6 Å². The molecule has 0 unspecified atom stereocenters. The fourth-order valence-corrected chi connectivity index (χ4v) is 2.20. The average Bonchev–Trinajstić information content (AvgIpc) is 2.61. The number of amidine groups is 1. The normalized spacial score (nSPS) is 12.4. The predicted molar refractivity (Wildman–Crippen MR) is 110 cm³/mol. The Morgan fingerprint density at radius 2 is 2.08 bits per heavy atom. The summed E-state index contributed by atoms with van der Waals surface area (Å²) in [6, 6.07) is 8.17. The van der Waals surface area contributed by atoms with Crippen LogP contribution in [0.25, 0.3) is 0 Å². The molecular formula is C19H32N6. The topological polar surface area (TPSA) is 64.0 Å². The second kappa shape index (κ2) is 13.1. The van der Waals surface area contributed by atoms with Crippen molar-refractivity contribution in [1.29, 1.82) is 0 Å². The summed E-state index contributed by atoms with van der Waals surface area (Å²) < 4.78 is 0. The number of hydrogen-bond acceptors (Lipinski definition) is 4. The first kappa shape index (κ1) is 20.9. The Hall–Kier alpha value is -2.18. The number of aliphatic imine (C=N–C) groups is 2. The fourth-order valence-electron chi connectivity index (χ4n) is 2.20. The minimum absolute atomic E-state index is 0.839. The molecule has 3 N–H and O–H groups in total. The Morgan fingerprint density at radius 3 is 2.80 bits per heavy atom. The molecule has 0 amide bonds. The molecule has 0 heterocycles. The summed E-state index contributed by atoms with van der Waals surface area (Å²) in [4.78, 5) is 10.8. The van der Waals surface area contributed by atoms with Gasteiger partial charge in [0, 0.05) is 38.6 Å². The molecule has 1 aromatic carbocycles. The van der Waals surface area contributed by atoms with Gasteiger partial charge in [-0.2, -0.15) is 0 Å². The number of likely N-dealkylation sites (N-methyl/N-ethyl adjacent to an activating group) is 2. The molecule has 1 rings (SSSR count). The summed E-state index contributed by atoms with van der Waals surface area (Å²) >= 11 is 0. The van der Waals surface area contributed by atoms with E-state index in [0.717, 1.165) is 44.1 Å². The van der Waals surface area contributed by atoms with Gasteiger partial charge in [-0.1, -0.05) is 12.1 Å². The molecule has 0 atom stereocenters. The van der Waals surface area contributed by atoms with E-state index in [1.165, 1.54) is 5.56 Å². The fraction of sp³-hybridized carbons (Fsp3) is 0.474. The highest BCUT2D eigenvalue weighted by molar-refractivity contribution is 5.92. The van der Waals surface area contributed by atoms with E-state index in [-0.39, 0.29) is 0 Å². The maximum Gasteiger partial charge on any atom is 0.122 e. The standard InChI is InChI=1S/C19H32N6/c1-17-7-5-8-18(15-17)24-16-22-11-9-19(21-3)23-10-6-13-25(4)14-12-20-2/h5,7-9,11,15-16,20H,6,10,12-14H2,1-4H3,(H,21,23)(H,22,24)/b11-9-. The lowest BCUT2D eigenvalue weighted by molar-refractivity contribution is 0.331. The SMILES string of the molecule is CN=C(/C=C\N=CNc1cccc(C)c1)NCCCN(C)CCNC. The molecule has 0 radical (unpaired) electrons. The van der Waals surface area contributed by atoms with Crippen LogP contribution in [0.4, 0.5) is 5.69 Å². The van der Waals surface area contributed by atoms with Crippen molar-refractivity contribution in [3.8, 4) is 0 Å². The molecule has 0 saturated carbocycles. The van der Waals surface area contributed by atoms with Gasteiger partial charge in [0.2, 0.25) is 0 Å². The molecule has 0 bridgehead atoms. The van der Waals surface area contributed by atoms with E-state index in [0.29, 0.717) is 0 Å². The molecule has 0 aliphatic rings. The van der Waals surface area contributed by atoms with Gasteiger partial charge in [0.15, 0.2) is 0 Å². The first-order valence-corrected chi connectivity index (χ1v) is 8.71. The Labute approximate surface area is 152 Å². The Balaban J connectivity index is 2.24. The van der Waals surface area contributed by atoms with Crippen LogP contribution in [0.5, 0.6) is 0 Å². The Kier molecular flexibility index (Phi) is 11.0. The lowest BCUT2D eigenvalue weighted by atomic mass is 10.2. The van der Waals surface area contributed by atoms with Crippen molar-refractivity contribution in [2.45, 2.75) is 13.3 Å². The molecule has 0 spiro atoms. The van der Waals surface area contributed by atoms with E-state index in [1.807, 2.05) is 25.3 Å². The van der Waals surface area contributed by atoms with Crippen molar-refractivity contribution < 1.29 is 0 Å². The molecule has 1 aromatic rings. The smallest absolute Gasteiger partial charge is 0.122 e. The van der Waals surface area contributed by atoms with E-state index < -0.39 is 0 Å². The van der Waals surface area contributed by atoms with Crippen LogP contribution in [0, 0.1) is 6.92 Å². The third-order valence-electron chi connectivity index (χ3n) is 3.65. The van der Waals surface area contributed by atoms with Crippen molar-refractivity contribution in [3.63, 3.8) is 0 Å². The highest BCUT2D eigenvalue weighted by Gasteiger charge is 1.97. The van der Waals surface area contributed by atoms with E-state index in [9.17, 15) is 0 Å². The summed E-state index contributed by atoms with van der Waals surface area (Å²) in [7, 11) is 5.90. The van der Waals surface area contributed by atoms with Crippen LogP contribution in [-0.4, -0.2) is 64.4 Å². The summed E-state index contributed by atoms with van der Waals surface area (Å²) in [6.07, 6.45) is 6.36. The molecule has 0 aromatic heterocycles. The lowest BCUT2D eigenvalue weighted by Crippen LogP contribution is -2.31. The zero-order valence-electron chi connectivity index (χ0n) is 15.9. The highest BCUT2D eigenvalue weighted by Crippen LogP contribution is 2.07. The number of nitrogens with one attached hydrogen (secondary N) is 3. The van der Waals surface area contributed by atoms with Gasteiger partial charge in [0.05, 0.1) is 6.34 Å². The van der Waals surface area contributed by atoms with Gasteiger partial charge in [-0.15, -0.1) is 0 Å². The Bertz CT molecular complexity index is 565. The largest absolute Gasteiger partial charge is 0.370 e. The molecule has 0 saturated heterocycles. The van der Waals surface area contributed by atoms with Crippen LogP contribution in [-0.2, 0) is 0 Å². The molecule has 138 valence electrons. The predicted octanol–water partition coefficient (Wildman–Crippen LogP) is 2.11. The van der Waals surface area contributed by atoms with Gasteiger partial charge < -0.3 is 20.9 Å². The number of rotatable bonds is 11. The highest BCUT2D eigenvalue weighted by atomic mass is 15.1. The molecule has 0 fully saturated rings. The van der Waals surface area contributed by atoms with Crippen LogP contribution < -0.4 is 16.0 Å². The average molecular weight is 345 g/mol. The van der Waals surface area contributed by atoms with Crippen LogP contribution >= 0.6 is 0 Å². The van der Waals surface area contributed by atoms with E-state index >= 15 is 0 Å². The monoisotopic (exact) mass is 344 g/mol. The van der Waals surface area contributed by atoms with E-state index in [1.54, 1.807) is 19.6 Å². The Morgan fingerprint density at radius 1 is 1.24 bits per heavy atom. The quantitative estimate of drug-likeness (QED) is 0.327.